The predicted molar refractivity (Wildman–Crippen MR) is 227 cm³/mol. The van der Waals surface area contributed by atoms with Gasteiger partial charge >= 0.3 is 47.5 Å². The van der Waals surface area contributed by atoms with E-state index >= 15 is 0 Å². The molecule has 0 N–H and O–H groups in total. The van der Waals surface area contributed by atoms with Gasteiger partial charge in [0.1, 0.15) is 14.7 Å². The van der Waals surface area contributed by atoms with Crippen LogP contribution in [-0.2, 0) is 30.4 Å². The first kappa shape index (κ1) is 43.1. The Kier molecular flexibility index (Phi) is 10.8. The van der Waals surface area contributed by atoms with Crippen LogP contribution in [0.25, 0.3) is 31.3 Å². The maximum absolute atomic E-state index is 14.6. The molecule has 65 heavy (non-hydrogen) atoms. The molecule has 3 aliphatic rings. The zero-order chi connectivity index (χ0) is 46.4. The van der Waals surface area contributed by atoms with Gasteiger partial charge in [0.2, 0.25) is 11.5 Å². The van der Waals surface area contributed by atoms with E-state index < -0.39 is 108 Å². The quantitative estimate of drug-likeness (QED) is 0.0747. The first-order valence-electron chi connectivity index (χ1n) is 18.3. The minimum Gasteiger partial charge on any atom is -0.375 e. The Bertz CT molecular complexity index is 3650. The van der Waals surface area contributed by atoms with Crippen molar-refractivity contribution in [3.05, 3.63) is 195 Å². The zero-order valence-electron chi connectivity index (χ0n) is 32.4. The van der Waals surface area contributed by atoms with Gasteiger partial charge in [-0.2, -0.15) is 39.6 Å². The van der Waals surface area contributed by atoms with Gasteiger partial charge in [-0.25, -0.2) is 0 Å². The summed E-state index contributed by atoms with van der Waals surface area (Å²) >= 11 is 0. The predicted octanol–water partition coefficient (Wildman–Crippen LogP) is 4.77. The lowest BCUT2D eigenvalue weighted by atomic mass is 9.95. The molecule has 8 rings (SSSR count). The van der Waals surface area contributed by atoms with E-state index in [-0.39, 0.29) is 38.9 Å². The highest BCUT2D eigenvalue weighted by Crippen LogP contribution is 2.47. The Morgan fingerprint density at radius 1 is 0.415 bits per heavy atom. The third-order valence-corrected chi connectivity index (χ3v) is 13.7. The Labute approximate surface area is 367 Å². The van der Waals surface area contributed by atoms with Crippen LogP contribution in [0.5, 0.6) is 17.2 Å². The fourth-order valence-electron chi connectivity index (χ4n) is 6.92. The van der Waals surface area contributed by atoms with Crippen LogP contribution in [0.2, 0.25) is 0 Å². The lowest BCUT2D eigenvalue weighted by molar-refractivity contribution is -0.00460. The molecule has 5 aromatic carbocycles. The summed E-state index contributed by atoms with van der Waals surface area (Å²) in [5.74, 6) is -7.64. The van der Waals surface area contributed by atoms with Gasteiger partial charge in [0.15, 0.2) is 11.5 Å². The van der Waals surface area contributed by atoms with E-state index in [0.29, 0.717) is 18.2 Å². The molecule has 0 bridgehead atoms. The maximum atomic E-state index is 14.6. The lowest BCUT2D eigenvalue weighted by Crippen LogP contribution is -2.26. The Morgan fingerprint density at radius 3 is 1.14 bits per heavy atom. The summed E-state index contributed by atoms with van der Waals surface area (Å²) in [6.07, 6.45) is 1.89. The molecule has 320 valence electrons. The van der Waals surface area contributed by atoms with E-state index in [2.05, 4.69) is 14.4 Å². The highest BCUT2D eigenvalue weighted by atomic mass is 32.2. The van der Waals surface area contributed by atoms with Gasteiger partial charge in [-0.05, 0) is 12.1 Å². The second kappa shape index (κ2) is 16.3. The standard InChI is InChI=1S/C43H22N6O13S3/c44-47-31-20-35(24-12-4-7-15-27(24)39(31)51)63(54,55)60-34-19-18-30(38(50)23-10-2-1-3-11-23)42(61-64(56,57)36-21-32(48-45)40(52)28-16-8-5-13-25(28)36)43(34)62-65(58,59)37-22-33(49-46)41(53)29-17-9-6-14-26(29)37/h1-22H. The van der Waals surface area contributed by atoms with Crippen LogP contribution >= 0.6 is 0 Å². The van der Waals surface area contributed by atoms with Crippen molar-refractivity contribution in [2.75, 3.05) is 0 Å². The molecular formula is C43H22N6O13S3. The summed E-state index contributed by atoms with van der Waals surface area (Å²) in [5, 5.41) is 0. The number of carbonyl (C=O) groups excluding carboxylic acids is 4. The number of Topliss-reactive ketones (excluding diaryl/α,β-unsaturated/α-hetero) is 3. The SMILES string of the molecule is [N-]=[N+]=C1C=C(S(=O)(=O)Oc2ccc(C(=O)c3ccccc3)c(OS(=O)(=O)C3=CC(=[N+]=[N-])C(=O)c4ccccc43)c2OS(=O)(=O)C2=CC(=[N+]=[N-])C(=O)c3ccccc32)c2ccccc2C1=O. The molecule has 0 unspecified atom stereocenters. The molecule has 0 aromatic heterocycles. The van der Waals surface area contributed by atoms with Gasteiger partial charge in [0, 0.05) is 38.9 Å². The summed E-state index contributed by atoms with van der Waals surface area (Å²) in [6.45, 7) is 0. The van der Waals surface area contributed by atoms with E-state index in [1.54, 1.807) is 6.07 Å². The summed E-state index contributed by atoms with van der Waals surface area (Å²) in [7, 11) is -16.4. The monoisotopic (exact) mass is 926 g/mol. The van der Waals surface area contributed by atoms with E-state index in [4.69, 9.17) is 12.5 Å². The molecule has 22 heteroatoms. The van der Waals surface area contributed by atoms with E-state index in [1.165, 1.54) is 97.1 Å². The highest BCUT2D eigenvalue weighted by Gasteiger charge is 2.43. The third-order valence-electron chi connectivity index (χ3n) is 9.89. The summed E-state index contributed by atoms with van der Waals surface area (Å²) < 4.78 is 104. The molecule has 0 aliphatic heterocycles. The van der Waals surface area contributed by atoms with Gasteiger partial charge in [0.05, 0.1) is 23.8 Å². The molecule has 0 radical (unpaired) electrons. The number of benzene rings is 5. The van der Waals surface area contributed by atoms with Crippen LogP contribution in [0.4, 0.5) is 0 Å². The van der Waals surface area contributed by atoms with Crippen molar-refractivity contribution in [1.82, 2.24) is 0 Å². The molecule has 5 aromatic rings. The zero-order valence-corrected chi connectivity index (χ0v) is 34.9. The highest BCUT2D eigenvalue weighted by molar-refractivity contribution is 7.97. The maximum Gasteiger partial charge on any atom is 0.364 e. The van der Waals surface area contributed by atoms with Crippen LogP contribution in [0.1, 0.15) is 63.7 Å². The van der Waals surface area contributed by atoms with Crippen LogP contribution in [0.3, 0.4) is 0 Å². The number of carbonyl (C=O) groups is 4. The minimum absolute atomic E-state index is 0.136. The topological polar surface area (TPSA) is 308 Å². The number of rotatable bonds is 11. The van der Waals surface area contributed by atoms with Crippen molar-refractivity contribution >= 4 is 85.3 Å². The number of hydrogen-bond acceptors (Lipinski definition) is 13. The van der Waals surface area contributed by atoms with Crippen molar-refractivity contribution in [3.63, 3.8) is 0 Å². The molecule has 0 heterocycles. The van der Waals surface area contributed by atoms with Gasteiger partial charge in [0.25, 0.3) is 17.3 Å². The molecule has 19 nitrogen and oxygen atoms in total. The average molecular weight is 927 g/mol. The Balaban J connectivity index is 1.40. The number of nitrogens with zero attached hydrogens (tertiary/aromatic N) is 6. The van der Waals surface area contributed by atoms with Crippen molar-refractivity contribution in [2.24, 2.45) is 0 Å². The van der Waals surface area contributed by atoms with Gasteiger partial charge < -0.3 is 29.1 Å². The third kappa shape index (κ3) is 7.57. The molecule has 0 atom stereocenters. The fraction of sp³-hybridized carbons (Fsp3) is 0. The van der Waals surface area contributed by atoms with Crippen LogP contribution in [0.15, 0.2) is 133 Å². The molecule has 0 spiro atoms. The van der Waals surface area contributed by atoms with Gasteiger partial charge in [-0.1, -0.05) is 103 Å². The molecular weight excluding hydrogens is 905 g/mol. The average Bonchev–Trinajstić information content (AvgIpc) is 3.30. The molecule has 0 saturated carbocycles. The summed E-state index contributed by atoms with van der Waals surface area (Å²) in [5.41, 5.74) is 24.0. The number of fused-ring (bicyclic) bond motifs is 3. The molecule has 0 fully saturated rings. The largest absolute Gasteiger partial charge is 0.375 e. The first-order valence-corrected chi connectivity index (χ1v) is 22.6. The van der Waals surface area contributed by atoms with E-state index in [9.17, 15) is 61.0 Å². The number of hydrogen-bond donors (Lipinski definition) is 0. The molecule has 0 saturated heterocycles. The summed E-state index contributed by atoms with van der Waals surface area (Å²) in [6, 6.07) is 24.0. The molecule has 3 aliphatic carbocycles. The van der Waals surface area contributed by atoms with Gasteiger partial charge in [-0.3, -0.25) is 19.2 Å². The van der Waals surface area contributed by atoms with Crippen LogP contribution in [-0.4, -0.2) is 79.9 Å². The van der Waals surface area contributed by atoms with Gasteiger partial charge in [-0.15, -0.1) is 0 Å². The first-order chi connectivity index (χ1) is 31.0. The Morgan fingerprint density at radius 2 is 0.754 bits per heavy atom. The second-order valence-electron chi connectivity index (χ2n) is 13.7. The molecule has 0 amide bonds. The summed E-state index contributed by atoms with van der Waals surface area (Å²) in [4.78, 5) is 59.6. The van der Waals surface area contributed by atoms with Crippen molar-refractivity contribution in [3.8, 4) is 17.2 Å². The van der Waals surface area contributed by atoms with Crippen LogP contribution in [0, 0.1) is 0 Å². The van der Waals surface area contributed by atoms with Crippen molar-refractivity contribution in [2.45, 2.75) is 0 Å². The fourth-order valence-corrected chi connectivity index (χ4v) is 10.4. The van der Waals surface area contributed by atoms with Crippen molar-refractivity contribution < 1.29 is 71.4 Å². The number of allylic oxidation sites excluding steroid dienone is 3. The lowest BCUT2D eigenvalue weighted by Gasteiger charge is -2.22. The second-order valence-corrected chi connectivity index (χ2v) is 18.2. The minimum atomic E-state index is -5.53. The normalized spacial score (nSPS) is 14.6. The Hall–Kier alpha value is -8.61. The smallest absolute Gasteiger partial charge is 0.364 e. The van der Waals surface area contributed by atoms with E-state index in [1.807, 2.05) is 0 Å². The number of ketones is 4. The van der Waals surface area contributed by atoms with E-state index in [0.717, 1.165) is 12.1 Å². The van der Waals surface area contributed by atoms with Crippen LogP contribution < -0.4 is 12.5 Å². The van der Waals surface area contributed by atoms with Crippen molar-refractivity contribution in [1.29, 1.82) is 0 Å².